The number of hydrogen-bond donors (Lipinski definition) is 1. The van der Waals surface area contributed by atoms with Crippen molar-refractivity contribution in [2.45, 2.75) is 59.5 Å². The molecular weight excluding hydrogens is 224 g/mol. The average molecular weight is 250 g/mol. The molecule has 0 aliphatic heterocycles. The zero-order valence-corrected chi connectivity index (χ0v) is 12.1. The first-order chi connectivity index (χ1) is 8.61. The normalized spacial score (nSPS) is 10.9. The van der Waals surface area contributed by atoms with Crippen LogP contribution in [-0.4, -0.2) is 17.6 Å². The number of rotatable bonds is 8. The lowest BCUT2D eigenvalue weighted by molar-refractivity contribution is 0.294. The Morgan fingerprint density at radius 3 is 2.72 bits per heavy atom. The maximum atomic E-state index is 5.70. The SMILES string of the molecule is CCCCCOc1cc(CNC(C)C)cc(C)n1. The highest BCUT2D eigenvalue weighted by molar-refractivity contribution is 5.24. The van der Waals surface area contributed by atoms with Gasteiger partial charge in [0.25, 0.3) is 0 Å². The van der Waals surface area contributed by atoms with E-state index in [1.165, 1.54) is 18.4 Å². The molecule has 0 radical (unpaired) electrons. The summed E-state index contributed by atoms with van der Waals surface area (Å²) in [6.45, 7) is 10.1. The Kier molecular flexibility index (Phi) is 6.73. The van der Waals surface area contributed by atoms with Crippen LogP contribution in [0.3, 0.4) is 0 Å². The van der Waals surface area contributed by atoms with E-state index in [0.29, 0.717) is 6.04 Å². The molecule has 0 saturated carbocycles. The molecule has 0 atom stereocenters. The monoisotopic (exact) mass is 250 g/mol. The molecule has 1 aromatic heterocycles. The van der Waals surface area contributed by atoms with E-state index in [2.05, 4.69) is 37.1 Å². The van der Waals surface area contributed by atoms with Crippen LogP contribution in [-0.2, 0) is 6.54 Å². The standard InChI is InChI=1S/C15H26N2O/c1-5-6-7-8-18-15-10-14(9-13(4)17-15)11-16-12(2)3/h9-10,12,16H,5-8,11H2,1-4H3. The fourth-order valence-electron chi connectivity index (χ4n) is 1.73. The van der Waals surface area contributed by atoms with E-state index in [-0.39, 0.29) is 0 Å². The van der Waals surface area contributed by atoms with Crippen LogP contribution in [0.1, 0.15) is 51.3 Å². The number of ether oxygens (including phenoxy) is 1. The van der Waals surface area contributed by atoms with E-state index >= 15 is 0 Å². The van der Waals surface area contributed by atoms with E-state index in [9.17, 15) is 0 Å². The number of pyridine rings is 1. The molecule has 0 amide bonds. The highest BCUT2D eigenvalue weighted by Crippen LogP contribution is 2.13. The van der Waals surface area contributed by atoms with E-state index in [1.807, 2.05) is 13.0 Å². The maximum absolute atomic E-state index is 5.70. The van der Waals surface area contributed by atoms with Crippen molar-refractivity contribution in [1.82, 2.24) is 10.3 Å². The topological polar surface area (TPSA) is 34.1 Å². The molecule has 18 heavy (non-hydrogen) atoms. The van der Waals surface area contributed by atoms with Gasteiger partial charge < -0.3 is 10.1 Å². The highest BCUT2D eigenvalue weighted by atomic mass is 16.5. The lowest BCUT2D eigenvalue weighted by atomic mass is 10.2. The molecule has 1 aromatic rings. The summed E-state index contributed by atoms with van der Waals surface area (Å²) in [4.78, 5) is 4.41. The lowest BCUT2D eigenvalue weighted by Crippen LogP contribution is -2.22. The van der Waals surface area contributed by atoms with Crippen molar-refractivity contribution in [1.29, 1.82) is 0 Å². The first-order valence-electron chi connectivity index (χ1n) is 6.95. The molecule has 0 aliphatic rings. The molecular formula is C15H26N2O. The zero-order chi connectivity index (χ0) is 13.4. The molecule has 0 aromatic carbocycles. The van der Waals surface area contributed by atoms with Gasteiger partial charge in [0.2, 0.25) is 5.88 Å². The van der Waals surface area contributed by atoms with Gasteiger partial charge in [-0.3, -0.25) is 0 Å². The Balaban J connectivity index is 2.51. The molecule has 0 aliphatic carbocycles. The van der Waals surface area contributed by atoms with Gasteiger partial charge >= 0.3 is 0 Å². The molecule has 1 rings (SSSR count). The van der Waals surface area contributed by atoms with Crippen LogP contribution in [0.2, 0.25) is 0 Å². The number of aromatic nitrogens is 1. The van der Waals surface area contributed by atoms with Crippen LogP contribution in [0, 0.1) is 6.92 Å². The average Bonchev–Trinajstić information content (AvgIpc) is 2.32. The molecule has 1 heterocycles. The van der Waals surface area contributed by atoms with E-state index in [0.717, 1.165) is 31.1 Å². The van der Waals surface area contributed by atoms with Gasteiger partial charge in [-0.25, -0.2) is 4.98 Å². The van der Waals surface area contributed by atoms with Crippen molar-refractivity contribution in [3.63, 3.8) is 0 Å². The van der Waals surface area contributed by atoms with Gasteiger partial charge in [0.1, 0.15) is 0 Å². The Morgan fingerprint density at radius 2 is 2.06 bits per heavy atom. The van der Waals surface area contributed by atoms with Crippen molar-refractivity contribution in [2.24, 2.45) is 0 Å². The van der Waals surface area contributed by atoms with Crippen molar-refractivity contribution in [2.75, 3.05) is 6.61 Å². The van der Waals surface area contributed by atoms with Gasteiger partial charge in [-0.15, -0.1) is 0 Å². The van der Waals surface area contributed by atoms with Gasteiger partial charge in [-0.2, -0.15) is 0 Å². The fourth-order valence-corrected chi connectivity index (χ4v) is 1.73. The minimum Gasteiger partial charge on any atom is -0.478 e. The lowest BCUT2D eigenvalue weighted by Gasteiger charge is -2.11. The molecule has 0 bridgehead atoms. The van der Waals surface area contributed by atoms with E-state index in [4.69, 9.17) is 4.74 Å². The quantitative estimate of drug-likeness (QED) is 0.717. The number of nitrogens with one attached hydrogen (secondary N) is 1. The number of hydrogen-bond acceptors (Lipinski definition) is 3. The van der Waals surface area contributed by atoms with Crippen LogP contribution in [0.15, 0.2) is 12.1 Å². The molecule has 1 N–H and O–H groups in total. The number of nitrogens with zero attached hydrogens (tertiary/aromatic N) is 1. The molecule has 0 spiro atoms. The molecule has 0 fully saturated rings. The smallest absolute Gasteiger partial charge is 0.213 e. The highest BCUT2D eigenvalue weighted by Gasteiger charge is 2.02. The predicted octanol–water partition coefficient (Wildman–Crippen LogP) is 3.46. The summed E-state index contributed by atoms with van der Waals surface area (Å²) in [6.07, 6.45) is 3.54. The molecule has 0 unspecified atom stereocenters. The Morgan fingerprint density at radius 1 is 1.28 bits per heavy atom. The molecule has 3 heteroatoms. The summed E-state index contributed by atoms with van der Waals surface area (Å²) in [7, 11) is 0. The van der Waals surface area contributed by atoms with Crippen LogP contribution in [0.25, 0.3) is 0 Å². The third kappa shape index (κ3) is 6.01. The molecule has 3 nitrogen and oxygen atoms in total. The van der Waals surface area contributed by atoms with E-state index in [1.54, 1.807) is 0 Å². The second kappa shape index (κ2) is 8.09. The minimum absolute atomic E-state index is 0.493. The van der Waals surface area contributed by atoms with Gasteiger partial charge in [0.05, 0.1) is 6.61 Å². The summed E-state index contributed by atoms with van der Waals surface area (Å²) >= 11 is 0. The summed E-state index contributed by atoms with van der Waals surface area (Å²) in [5.74, 6) is 0.756. The van der Waals surface area contributed by atoms with Crippen LogP contribution < -0.4 is 10.1 Å². The van der Waals surface area contributed by atoms with Gasteiger partial charge in [-0.1, -0.05) is 33.6 Å². The van der Waals surface area contributed by atoms with Crippen molar-refractivity contribution in [3.05, 3.63) is 23.4 Å². The summed E-state index contributed by atoms with van der Waals surface area (Å²) < 4.78 is 5.70. The summed E-state index contributed by atoms with van der Waals surface area (Å²) in [5.41, 5.74) is 2.25. The van der Waals surface area contributed by atoms with Crippen LogP contribution >= 0.6 is 0 Å². The third-order valence-corrected chi connectivity index (χ3v) is 2.70. The van der Waals surface area contributed by atoms with Crippen molar-refractivity contribution < 1.29 is 4.74 Å². The molecule has 0 saturated heterocycles. The Hall–Kier alpha value is -1.09. The zero-order valence-electron chi connectivity index (χ0n) is 12.1. The first-order valence-corrected chi connectivity index (χ1v) is 6.95. The number of aryl methyl sites for hydroxylation is 1. The van der Waals surface area contributed by atoms with Crippen molar-refractivity contribution >= 4 is 0 Å². The van der Waals surface area contributed by atoms with Crippen LogP contribution in [0.5, 0.6) is 5.88 Å². The van der Waals surface area contributed by atoms with Crippen LogP contribution in [0.4, 0.5) is 0 Å². The second-order valence-electron chi connectivity index (χ2n) is 5.05. The minimum atomic E-state index is 0.493. The predicted molar refractivity (Wildman–Crippen MR) is 76.0 cm³/mol. The number of unbranched alkanes of at least 4 members (excludes halogenated alkanes) is 2. The fraction of sp³-hybridized carbons (Fsp3) is 0.667. The Labute approximate surface area is 111 Å². The largest absolute Gasteiger partial charge is 0.478 e. The van der Waals surface area contributed by atoms with Gasteiger partial charge in [0, 0.05) is 24.3 Å². The Bertz CT molecular complexity index is 350. The summed E-state index contributed by atoms with van der Waals surface area (Å²) in [6, 6.07) is 4.63. The second-order valence-corrected chi connectivity index (χ2v) is 5.05. The third-order valence-electron chi connectivity index (χ3n) is 2.70. The summed E-state index contributed by atoms with van der Waals surface area (Å²) in [5, 5.41) is 3.41. The maximum Gasteiger partial charge on any atom is 0.213 e. The van der Waals surface area contributed by atoms with Gasteiger partial charge in [0.15, 0.2) is 0 Å². The van der Waals surface area contributed by atoms with E-state index < -0.39 is 0 Å². The van der Waals surface area contributed by atoms with Gasteiger partial charge in [-0.05, 0) is 25.0 Å². The van der Waals surface area contributed by atoms with Crippen molar-refractivity contribution in [3.8, 4) is 5.88 Å². The first kappa shape index (κ1) is 15.0. The molecule has 102 valence electrons.